The zero-order chi connectivity index (χ0) is 18.4. The molecule has 0 aliphatic carbocycles. The van der Waals surface area contributed by atoms with Crippen LogP contribution in [-0.4, -0.2) is 35.8 Å². The lowest BCUT2D eigenvalue weighted by Crippen LogP contribution is -2.40. The van der Waals surface area contributed by atoms with Gasteiger partial charge in [-0.3, -0.25) is 4.79 Å². The van der Waals surface area contributed by atoms with Crippen molar-refractivity contribution in [3.63, 3.8) is 0 Å². The molecule has 0 radical (unpaired) electrons. The number of piperidine rings is 1. The van der Waals surface area contributed by atoms with Crippen molar-refractivity contribution >= 4 is 54.1 Å². The Hall–Kier alpha value is -0.920. The van der Waals surface area contributed by atoms with E-state index in [1.54, 1.807) is 6.20 Å². The number of aromatic nitrogens is 1. The second kappa shape index (κ2) is 12.6. The summed E-state index contributed by atoms with van der Waals surface area (Å²) in [6.07, 6.45) is 4.07. The number of rotatable bonds is 7. The van der Waals surface area contributed by atoms with Gasteiger partial charge in [-0.15, -0.1) is 36.6 Å². The Morgan fingerprint density at radius 2 is 2.14 bits per heavy atom. The highest BCUT2D eigenvalue weighted by atomic mass is 35.5. The van der Waals surface area contributed by atoms with E-state index in [4.69, 9.17) is 16.0 Å². The minimum absolute atomic E-state index is 0. The van der Waals surface area contributed by atoms with Crippen LogP contribution < -0.4 is 10.6 Å². The quantitative estimate of drug-likeness (QED) is 0.625. The van der Waals surface area contributed by atoms with Crippen LogP contribution in [0.15, 0.2) is 34.9 Å². The van der Waals surface area contributed by atoms with Crippen LogP contribution in [-0.2, 0) is 10.5 Å². The van der Waals surface area contributed by atoms with Crippen LogP contribution in [0.25, 0.3) is 11.3 Å². The first-order valence-corrected chi connectivity index (χ1v) is 10.3. The van der Waals surface area contributed by atoms with E-state index in [0.717, 1.165) is 25.2 Å². The third-order valence-corrected chi connectivity index (χ3v) is 5.85. The minimum Gasteiger partial charge on any atom is -0.440 e. The largest absolute Gasteiger partial charge is 0.440 e. The maximum absolute atomic E-state index is 12.2. The monoisotopic (exact) mass is 465 g/mol. The zero-order valence-corrected chi connectivity index (χ0v) is 18.9. The van der Waals surface area contributed by atoms with Crippen LogP contribution in [0.5, 0.6) is 0 Å². The highest BCUT2D eigenvalue weighted by molar-refractivity contribution is 7.99. The van der Waals surface area contributed by atoms with Gasteiger partial charge in [0.25, 0.3) is 0 Å². The number of carbonyl (C=O) groups is 1. The number of hydrogen-bond acceptors (Lipinski definition) is 5. The van der Waals surface area contributed by atoms with Crippen molar-refractivity contribution in [2.45, 2.75) is 30.8 Å². The summed E-state index contributed by atoms with van der Waals surface area (Å²) in [5.74, 6) is 2.51. The van der Waals surface area contributed by atoms with E-state index in [9.17, 15) is 4.79 Å². The Morgan fingerprint density at radius 1 is 1.39 bits per heavy atom. The molecule has 2 aromatic rings. The van der Waals surface area contributed by atoms with Crippen molar-refractivity contribution in [3.8, 4) is 11.3 Å². The fourth-order valence-electron chi connectivity index (χ4n) is 2.88. The van der Waals surface area contributed by atoms with E-state index >= 15 is 0 Å². The molecular weight excluding hydrogens is 441 g/mol. The smallest absolute Gasteiger partial charge is 0.232 e. The third-order valence-electron chi connectivity index (χ3n) is 4.47. The molecule has 2 atom stereocenters. The van der Waals surface area contributed by atoms with Gasteiger partial charge in [-0.1, -0.05) is 11.6 Å². The summed E-state index contributed by atoms with van der Waals surface area (Å²) in [4.78, 5) is 16.6. The Bertz CT molecular complexity index is 721. The normalized spacial score (nSPS) is 17.1. The molecule has 0 spiro atoms. The van der Waals surface area contributed by atoms with E-state index < -0.39 is 0 Å². The molecule has 1 aromatic heterocycles. The number of thioether (sulfide) groups is 1. The fraction of sp³-hybridized carbons (Fsp3) is 0.474. The zero-order valence-electron chi connectivity index (χ0n) is 15.7. The molecule has 1 aromatic carbocycles. The molecule has 5 nitrogen and oxygen atoms in total. The van der Waals surface area contributed by atoms with Crippen molar-refractivity contribution in [3.05, 3.63) is 41.4 Å². The van der Waals surface area contributed by atoms with Crippen molar-refractivity contribution < 1.29 is 9.21 Å². The average molecular weight is 467 g/mol. The molecule has 156 valence electrons. The van der Waals surface area contributed by atoms with E-state index in [2.05, 4.69) is 15.6 Å². The molecule has 1 aliphatic rings. The lowest BCUT2D eigenvalue weighted by atomic mass is 10.00. The number of hydrogen-bond donors (Lipinski definition) is 2. The van der Waals surface area contributed by atoms with Gasteiger partial charge >= 0.3 is 0 Å². The van der Waals surface area contributed by atoms with Gasteiger partial charge in [-0.25, -0.2) is 4.98 Å². The summed E-state index contributed by atoms with van der Waals surface area (Å²) < 4.78 is 5.78. The average Bonchev–Trinajstić information content (AvgIpc) is 3.14. The number of benzene rings is 1. The molecule has 1 amide bonds. The van der Waals surface area contributed by atoms with Crippen molar-refractivity contribution in [2.75, 3.05) is 19.6 Å². The topological polar surface area (TPSA) is 67.2 Å². The molecule has 0 saturated carbocycles. The molecule has 3 rings (SSSR count). The summed E-state index contributed by atoms with van der Waals surface area (Å²) >= 11 is 7.43. The first-order chi connectivity index (χ1) is 12.6. The number of amides is 1. The molecular formula is C19H26Cl3N3O2S. The summed E-state index contributed by atoms with van der Waals surface area (Å²) in [5, 5.41) is 6.98. The lowest BCUT2D eigenvalue weighted by Gasteiger charge is -2.23. The highest BCUT2D eigenvalue weighted by Gasteiger charge is 2.18. The first kappa shape index (κ1) is 25.1. The second-order valence-electron chi connectivity index (χ2n) is 6.54. The molecule has 2 heterocycles. The van der Waals surface area contributed by atoms with E-state index in [-0.39, 0.29) is 36.0 Å². The maximum Gasteiger partial charge on any atom is 0.232 e. The summed E-state index contributed by atoms with van der Waals surface area (Å²) in [6.45, 7) is 4.75. The summed E-state index contributed by atoms with van der Waals surface area (Å²) in [7, 11) is 0. The first-order valence-electron chi connectivity index (χ1n) is 8.92. The van der Waals surface area contributed by atoms with E-state index in [1.165, 1.54) is 24.6 Å². The molecule has 0 bridgehead atoms. The second-order valence-corrected chi connectivity index (χ2v) is 8.30. The maximum atomic E-state index is 12.2. The van der Waals surface area contributed by atoms with Crippen molar-refractivity contribution in [2.24, 2.45) is 5.92 Å². The van der Waals surface area contributed by atoms with Crippen molar-refractivity contribution in [1.82, 2.24) is 15.6 Å². The number of nitrogens with zero attached hydrogens (tertiary/aromatic N) is 1. The number of oxazole rings is 1. The van der Waals surface area contributed by atoms with Crippen LogP contribution in [0, 0.1) is 5.92 Å². The Labute approximate surface area is 187 Å². The molecule has 2 unspecified atom stereocenters. The molecule has 28 heavy (non-hydrogen) atoms. The molecule has 9 heteroatoms. The predicted molar refractivity (Wildman–Crippen MR) is 121 cm³/mol. The molecule has 2 N–H and O–H groups in total. The van der Waals surface area contributed by atoms with Crippen LogP contribution in [0.2, 0.25) is 5.02 Å². The van der Waals surface area contributed by atoms with Gasteiger partial charge in [0.15, 0.2) is 5.76 Å². The van der Waals surface area contributed by atoms with Crippen LogP contribution in [0.3, 0.4) is 0 Å². The standard InChI is InChI=1S/C19H24ClN3O2S.2ClH/c1-13(19(24)23-10-14-3-2-8-21-9-14)26-12-18-22-11-17(25-18)15-4-6-16(20)7-5-15;;/h4-7,11,13-14,21H,2-3,8-10,12H2,1H3,(H,23,24);2*1H. The Kier molecular flexibility index (Phi) is 11.3. The van der Waals surface area contributed by atoms with E-state index in [0.29, 0.717) is 28.3 Å². The van der Waals surface area contributed by atoms with Gasteiger partial charge in [-0.05, 0) is 63.0 Å². The number of nitrogens with one attached hydrogen (secondary N) is 2. The SMILES string of the molecule is CC(SCc1ncc(-c2ccc(Cl)cc2)o1)C(=O)NCC1CCCNC1.Cl.Cl. The van der Waals surface area contributed by atoms with Crippen LogP contribution >= 0.6 is 48.2 Å². The highest BCUT2D eigenvalue weighted by Crippen LogP contribution is 2.25. The molecule has 1 fully saturated rings. The Morgan fingerprint density at radius 3 is 2.82 bits per heavy atom. The summed E-state index contributed by atoms with van der Waals surface area (Å²) in [5.41, 5.74) is 0.935. The van der Waals surface area contributed by atoms with Crippen molar-refractivity contribution in [1.29, 1.82) is 0 Å². The molecule has 1 saturated heterocycles. The van der Waals surface area contributed by atoms with E-state index in [1.807, 2.05) is 31.2 Å². The van der Waals surface area contributed by atoms with Gasteiger partial charge in [0.1, 0.15) is 0 Å². The number of halogens is 3. The van der Waals surface area contributed by atoms with Gasteiger partial charge in [0.2, 0.25) is 11.8 Å². The fourth-order valence-corrected chi connectivity index (χ4v) is 3.77. The van der Waals surface area contributed by atoms with Gasteiger partial charge < -0.3 is 15.1 Å². The number of carbonyl (C=O) groups excluding carboxylic acids is 1. The third kappa shape index (κ3) is 7.48. The van der Waals surface area contributed by atoms with Gasteiger partial charge in [0.05, 0.1) is 17.2 Å². The predicted octanol–water partition coefficient (Wildman–Crippen LogP) is 4.58. The molecule has 1 aliphatic heterocycles. The summed E-state index contributed by atoms with van der Waals surface area (Å²) in [6, 6.07) is 7.44. The van der Waals surface area contributed by atoms with Gasteiger partial charge in [-0.2, -0.15) is 0 Å². The lowest BCUT2D eigenvalue weighted by molar-refractivity contribution is -0.120. The Balaban J connectivity index is 0.00000196. The van der Waals surface area contributed by atoms with Crippen LogP contribution in [0.1, 0.15) is 25.7 Å². The van der Waals surface area contributed by atoms with Crippen LogP contribution in [0.4, 0.5) is 0 Å². The van der Waals surface area contributed by atoms with Gasteiger partial charge in [0, 0.05) is 17.1 Å². The minimum atomic E-state index is -0.141.